The lowest BCUT2D eigenvalue weighted by Crippen LogP contribution is -2.58. The standard InChI is InChI=1S/C19H25N3/c1-12-16-9-14-5-6-15(10-20)18(21)17(14)19(12,2)7-8-22(16)11-13-3-4-13/h5-6,12-13,16H,3-4,7-9,11,21H2,1-2H3/t12?,16-,19-/m1/s1. The molecule has 0 amide bonds. The first-order valence-corrected chi connectivity index (χ1v) is 8.60. The van der Waals surface area contributed by atoms with Gasteiger partial charge in [0.15, 0.2) is 0 Å². The zero-order valence-corrected chi connectivity index (χ0v) is 13.6. The minimum Gasteiger partial charge on any atom is -0.397 e. The van der Waals surface area contributed by atoms with Crippen LogP contribution in [0, 0.1) is 23.2 Å². The average Bonchev–Trinajstić information content (AvgIpc) is 3.30. The Labute approximate surface area is 133 Å². The molecular weight excluding hydrogens is 270 g/mol. The van der Waals surface area contributed by atoms with Gasteiger partial charge in [-0.25, -0.2) is 0 Å². The number of rotatable bonds is 2. The molecule has 1 saturated carbocycles. The predicted octanol–water partition coefficient (Wildman–Crippen LogP) is 3.07. The second kappa shape index (κ2) is 4.73. The largest absolute Gasteiger partial charge is 0.397 e. The smallest absolute Gasteiger partial charge is 0.101 e. The van der Waals surface area contributed by atoms with Crippen LogP contribution in [0.25, 0.3) is 0 Å². The molecule has 3 aliphatic rings. The lowest BCUT2D eigenvalue weighted by Gasteiger charge is -2.55. The molecule has 4 rings (SSSR count). The maximum absolute atomic E-state index is 9.30. The Morgan fingerprint density at radius 2 is 2.18 bits per heavy atom. The molecule has 2 fully saturated rings. The van der Waals surface area contributed by atoms with Crippen molar-refractivity contribution >= 4 is 5.69 Å². The molecule has 2 aliphatic carbocycles. The van der Waals surface area contributed by atoms with E-state index in [1.54, 1.807) is 0 Å². The van der Waals surface area contributed by atoms with Gasteiger partial charge < -0.3 is 5.73 Å². The summed E-state index contributed by atoms with van der Waals surface area (Å²) in [6.45, 7) is 7.23. The summed E-state index contributed by atoms with van der Waals surface area (Å²) in [5.41, 5.74) is 10.5. The highest BCUT2D eigenvalue weighted by atomic mass is 15.2. The van der Waals surface area contributed by atoms with E-state index in [1.165, 1.54) is 37.1 Å². The molecule has 22 heavy (non-hydrogen) atoms. The van der Waals surface area contributed by atoms with E-state index in [4.69, 9.17) is 5.73 Å². The zero-order valence-electron chi connectivity index (χ0n) is 13.6. The van der Waals surface area contributed by atoms with Gasteiger partial charge in [0.1, 0.15) is 6.07 Å². The average molecular weight is 295 g/mol. The van der Waals surface area contributed by atoms with E-state index in [0.717, 1.165) is 24.4 Å². The topological polar surface area (TPSA) is 53.1 Å². The van der Waals surface area contributed by atoms with Gasteiger partial charge in [-0.05, 0) is 61.3 Å². The van der Waals surface area contributed by atoms with Crippen molar-refractivity contribution in [1.29, 1.82) is 5.26 Å². The number of nitrogens with two attached hydrogens (primary N) is 1. The van der Waals surface area contributed by atoms with Crippen molar-refractivity contribution in [1.82, 2.24) is 4.90 Å². The minimum absolute atomic E-state index is 0.120. The first-order chi connectivity index (χ1) is 10.5. The summed E-state index contributed by atoms with van der Waals surface area (Å²) >= 11 is 0. The summed E-state index contributed by atoms with van der Waals surface area (Å²) in [7, 11) is 0. The second-order valence-electron chi connectivity index (χ2n) is 7.84. The van der Waals surface area contributed by atoms with Gasteiger partial charge >= 0.3 is 0 Å². The molecule has 1 aromatic rings. The van der Waals surface area contributed by atoms with Crippen LogP contribution in [0.15, 0.2) is 12.1 Å². The van der Waals surface area contributed by atoms with Gasteiger partial charge in [-0.3, -0.25) is 4.90 Å². The lowest BCUT2D eigenvalue weighted by atomic mass is 9.58. The van der Waals surface area contributed by atoms with Crippen molar-refractivity contribution in [2.45, 2.75) is 51.0 Å². The molecule has 2 N–H and O–H groups in total. The Bertz CT molecular complexity index is 655. The predicted molar refractivity (Wildman–Crippen MR) is 88.5 cm³/mol. The molecule has 3 heteroatoms. The SMILES string of the molecule is CC1[C@H]2Cc3ccc(C#N)c(N)c3[C@]1(C)CCN2CC1CC1. The quantitative estimate of drug-likeness (QED) is 0.853. The maximum Gasteiger partial charge on any atom is 0.101 e. The van der Waals surface area contributed by atoms with Crippen molar-refractivity contribution in [3.05, 3.63) is 28.8 Å². The molecular formula is C19H25N3. The zero-order chi connectivity index (χ0) is 15.5. The number of likely N-dealkylation sites (tertiary alicyclic amines) is 1. The summed E-state index contributed by atoms with van der Waals surface area (Å²) in [5.74, 6) is 1.55. The molecule has 3 atom stereocenters. The van der Waals surface area contributed by atoms with Crippen molar-refractivity contribution < 1.29 is 0 Å². The van der Waals surface area contributed by atoms with E-state index < -0.39 is 0 Å². The number of hydrogen-bond donors (Lipinski definition) is 1. The van der Waals surface area contributed by atoms with Gasteiger partial charge in [0.05, 0.1) is 11.3 Å². The molecule has 1 heterocycles. The third kappa shape index (κ3) is 1.90. The van der Waals surface area contributed by atoms with Crippen molar-refractivity contribution in [2.24, 2.45) is 11.8 Å². The normalized spacial score (nSPS) is 34.0. The number of nitriles is 1. The van der Waals surface area contributed by atoms with Crippen LogP contribution in [0.1, 0.15) is 49.8 Å². The molecule has 1 aromatic carbocycles. The fraction of sp³-hybridized carbons (Fsp3) is 0.632. The summed E-state index contributed by atoms with van der Waals surface area (Å²) < 4.78 is 0. The van der Waals surface area contributed by atoms with Crippen LogP contribution in [0.5, 0.6) is 0 Å². The summed E-state index contributed by atoms with van der Waals surface area (Å²) in [6.07, 6.45) is 5.09. The summed E-state index contributed by atoms with van der Waals surface area (Å²) in [6, 6.07) is 6.96. The minimum atomic E-state index is 0.120. The summed E-state index contributed by atoms with van der Waals surface area (Å²) in [5, 5.41) is 9.30. The Morgan fingerprint density at radius 1 is 1.41 bits per heavy atom. The number of anilines is 1. The van der Waals surface area contributed by atoms with E-state index in [-0.39, 0.29) is 5.41 Å². The Balaban J connectivity index is 1.77. The lowest BCUT2D eigenvalue weighted by molar-refractivity contribution is 0.0288. The highest BCUT2D eigenvalue weighted by Gasteiger charge is 2.50. The van der Waals surface area contributed by atoms with Crippen LogP contribution in [0.2, 0.25) is 0 Å². The summed E-state index contributed by atoms with van der Waals surface area (Å²) in [4.78, 5) is 2.74. The Morgan fingerprint density at radius 3 is 2.86 bits per heavy atom. The molecule has 1 aliphatic heterocycles. The fourth-order valence-electron chi connectivity index (χ4n) is 4.86. The Hall–Kier alpha value is -1.53. The van der Waals surface area contributed by atoms with Crippen molar-refractivity contribution in [3.8, 4) is 6.07 Å². The Kier molecular flexibility index (Phi) is 3.03. The highest BCUT2D eigenvalue weighted by molar-refractivity contribution is 5.65. The van der Waals surface area contributed by atoms with E-state index in [2.05, 4.69) is 30.9 Å². The number of nitrogen functional groups attached to an aromatic ring is 1. The van der Waals surface area contributed by atoms with Crippen molar-refractivity contribution in [3.63, 3.8) is 0 Å². The molecule has 1 saturated heterocycles. The van der Waals surface area contributed by atoms with E-state index >= 15 is 0 Å². The molecule has 1 unspecified atom stereocenters. The van der Waals surface area contributed by atoms with E-state index in [9.17, 15) is 5.26 Å². The molecule has 3 nitrogen and oxygen atoms in total. The van der Waals surface area contributed by atoms with Gasteiger partial charge in [0.25, 0.3) is 0 Å². The van der Waals surface area contributed by atoms with Crippen LogP contribution in [-0.4, -0.2) is 24.0 Å². The highest BCUT2D eigenvalue weighted by Crippen LogP contribution is 2.51. The first kappa shape index (κ1) is 14.1. The van der Waals surface area contributed by atoms with Gasteiger partial charge in [0, 0.05) is 18.0 Å². The number of fused-ring (bicyclic) bond motifs is 4. The molecule has 2 bridgehead atoms. The van der Waals surface area contributed by atoms with Crippen LogP contribution >= 0.6 is 0 Å². The van der Waals surface area contributed by atoms with Gasteiger partial charge in [-0.1, -0.05) is 19.9 Å². The fourth-order valence-corrected chi connectivity index (χ4v) is 4.86. The van der Waals surface area contributed by atoms with Gasteiger partial charge in [-0.2, -0.15) is 5.26 Å². The molecule has 116 valence electrons. The first-order valence-electron chi connectivity index (χ1n) is 8.60. The number of piperidine rings is 1. The molecule has 0 aromatic heterocycles. The van der Waals surface area contributed by atoms with Crippen LogP contribution in [-0.2, 0) is 11.8 Å². The number of benzene rings is 1. The van der Waals surface area contributed by atoms with Gasteiger partial charge in [0.2, 0.25) is 0 Å². The van der Waals surface area contributed by atoms with E-state index in [1.807, 2.05) is 6.07 Å². The monoisotopic (exact) mass is 295 g/mol. The number of nitrogens with zero attached hydrogens (tertiary/aromatic N) is 2. The van der Waals surface area contributed by atoms with Crippen LogP contribution in [0.4, 0.5) is 5.69 Å². The molecule has 0 spiro atoms. The number of hydrogen-bond acceptors (Lipinski definition) is 3. The third-order valence-electron chi connectivity index (χ3n) is 6.61. The van der Waals surface area contributed by atoms with Crippen molar-refractivity contribution in [2.75, 3.05) is 18.8 Å². The van der Waals surface area contributed by atoms with E-state index in [0.29, 0.717) is 17.5 Å². The third-order valence-corrected chi connectivity index (χ3v) is 6.61. The maximum atomic E-state index is 9.30. The molecule has 0 radical (unpaired) electrons. The van der Waals surface area contributed by atoms with Crippen LogP contribution < -0.4 is 5.73 Å². The second-order valence-corrected chi connectivity index (χ2v) is 7.84. The van der Waals surface area contributed by atoms with Gasteiger partial charge in [-0.15, -0.1) is 0 Å². The van der Waals surface area contributed by atoms with Crippen LogP contribution in [0.3, 0.4) is 0 Å².